The Balaban J connectivity index is 1.75. The third kappa shape index (κ3) is 3.26. The average Bonchev–Trinajstić information content (AvgIpc) is 2.42. The Morgan fingerprint density at radius 1 is 1.39 bits per heavy atom. The van der Waals surface area contributed by atoms with Gasteiger partial charge < -0.3 is 10.2 Å². The summed E-state index contributed by atoms with van der Waals surface area (Å²) in [5, 5.41) is 2.73. The predicted octanol–water partition coefficient (Wildman–Crippen LogP) is 0.219. The molecule has 1 fully saturated rings. The minimum atomic E-state index is -0.257. The molecule has 0 aliphatic carbocycles. The van der Waals surface area contributed by atoms with E-state index in [-0.39, 0.29) is 11.8 Å². The van der Waals surface area contributed by atoms with Crippen LogP contribution in [0.4, 0.5) is 0 Å². The lowest BCUT2D eigenvalue weighted by Crippen LogP contribution is -2.41. The van der Waals surface area contributed by atoms with Gasteiger partial charge in [0.2, 0.25) is 5.91 Å². The van der Waals surface area contributed by atoms with Gasteiger partial charge in [-0.15, -0.1) is 0 Å². The van der Waals surface area contributed by atoms with Crippen LogP contribution < -0.4 is 5.32 Å². The van der Waals surface area contributed by atoms with Crippen LogP contribution in [-0.2, 0) is 4.79 Å². The fraction of sp³-hybridized carbons (Fsp3) is 0.500. The van der Waals surface area contributed by atoms with E-state index >= 15 is 0 Å². The Bertz CT molecular complexity index is 421. The van der Waals surface area contributed by atoms with Gasteiger partial charge in [0.1, 0.15) is 5.69 Å². The van der Waals surface area contributed by atoms with Crippen LogP contribution in [0.5, 0.6) is 0 Å². The molecule has 0 unspecified atom stereocenters. The highest BCUT2D eigenvalue weighted by molar-refractivity contribution is 5.91. The van der Waals surface area contributed by atoms with Gasteiger partial charge in [0.05, 0.1) is 6.20 Å². The average molecular weight is 248 g/mol. The van der Waals surface area contributed by atoms with Gasteiger partial charge in [-0.05, 0) is 12.8 Å². The van der Waals surface area contributed by atoms with E-state index in [0.29, 0.717) is 25.2 Å². The van der Waals surface area contributed by atoms with Crippen molar-refractivity contribution < 1.29 is 9.59 Å². The van der Waals surface area contributed by atoms with E-state index in [0.717, 1.165) is 19.4 Å². The summed E-state index contributed by atoms with van der Waals surface area (Å²) < 4.78 is 0. The summed E-state index contributed by atoms with van der Waals surface area (Å²) in [6.45, 7) is 1.80. The van der Waals surface area contributed by atoms with E-state index in [1.807, 2.05) is 0 Å². The molecular formula is C12H16N4O2. The number of likely N-dealkylation sites (tertiary alicyclic amines) is 1. The van der Waals surface area contributed by atoms with Gasteiger partial charge in [0.25, 0.3) is 5.91 Å². The monoisotopic (exact) mass is 248 g/mol. The lowest BCUT2D eigenvalue weighted by Gasteiger charge is -2.26. The van der Waals surface area contributed by atoms with E-state index in [4.69, 9.17) is 0 Å². The van der Waals surface area contributed by atoms with Gasteiger partial charge in [0, 0.05) is 38.4 Å². The van der Waals surface area contributed by atoms with E-state index in [1.165, 1.54) is 18.6 Å². The first-order valence-corrected chi connectivity index (χ1v) is 6.09. The number of hydrogen-bond acceptors (Lipinski definition) is 4. The number of carbonyl (C=O) groups excluding carboxylic acids is 2. The molecule has 6 nitrogen and oxygen atoms in total. The zero-order valence-corrected chi connectivity index (χ0v) is 10.1. The van der Waals surface area contributed by atoms with E-state index in [2.05, 4.69) is 15.3 Å². The summed E-state index contributed by atoms with van der Waals surface area (Å²) in [5.74, 6) is -0.0810. The summed E-state index contributed by atoms with van der Waals surface area (Å²) in [4.78, 5) is 32.7. The molecule has 1 saturated heterocycles. The number of piperidine rings is 1. The van der Waals surface area contributed by atoms with Crippen LogP contribution in [0.1, 0.15) is 29.8 Å². The molecule has 96 valence electrons. The molecule has 0 aromatic carbocycles. The molecule has 1 aliphatic rings. The van der Waals surface area contributed by atoms with Gasteiger partial charge in [-0.25, -0.2) is 4.98 Å². The van der Waals surface area contributed by atoms with Gasteiger partial charge >= 0.3 is 0 Å². The van der Waals surface area contributed by atoms with Crippen LogP contribution in [0.25, 0.3) is 0 Å². The largest absolute Gasteiger partial charge is 0.349 e. The van der Waals surface area contributed by atoms with Crippen LogP contribution >= 0.6 is 0 Å². The van der Waals surface area contributed by atoms with Crippen molar-refractivity contribution >= 4 is 11.8 Å². The maximum atomic E-state index is 11.7. The molecule has 2 amide bonds. The molecular weight excluding hydrogens is 232 g/mol. The van der Waals surface area contributed by atoms with E-state index in [9.17, 15) is 9.59 Å². The number of hydrogen-bond donors (Lipinski definition) is 1. The standard InChI is InChI=1S/C12H16N4O2/c17-11-3-1-2-7-16(11)8-6-15-12(18)10-9-13-4-5-14-10/h4-5,9H,1-3,6-8H2,(H,15,18). The zero-order valence-electron chi connectivity index (χ0n) is 10.1. The van der Waals surface area contributed by atoms with Crippen LogP contribution in [0.15, 0.2) is 18.6 Å². The molecule has 0 saturated carbocycles. The number of nitrogens with one attached hydrogen (secondary N) is 1. The summed E-state index contributed by atoms with van der Waals surface area (Å²) in [5.41, 5.74) is 0.294. The fourth-order valence-corrected chi connectivity index (χ4v) is 1.91. The molecule has 1 aromatic heterocycles. The highest BCUT2D eigenvalue weighted by atomic mass is 16.2. The van der Waals surface area contributed by atoms with Crippen molar-refractivity contribution in [3.8, 4) is 0 Å². The molecule has 2 heterocycles. The number of rotatable bonds is 4. The molecule has 2 rings (SSSR count). The second-order valence-electron chi connectivity index (χ2n) is 4.18. The van der Waals surface area contributed by atoms with Crippen LogP contribution in [0, 0.1) is 0 Å². The van der Waals surface area contributed by atoms with Crippen molar-refractivity contribution in [1.82, 2.24) is 20.2 Å². The Kier molecular flexibility index (Phi) is 4.22. The first-order valence-electron chi connectivity index (χ1n) is 6.09. The van der Waals surface area contributed by atoms with Gasteiger partial charge in [-0.2, -0.15) is 0 Å². The molecule has 18 heavy (non-hydrogen) atoms. The van der Waals surface area contributed by atoms with Gasteiger partial charge in [0.15, 0.2) is 0 Å². The third-order valence-electron chi connectivity index (χ3n) is 2.88. The van der Waals surface area contributed by atoms with Gasteiger partial charge in [-0.1, -0.05) is 0 Å². The Morgan fingerprint density at radius 3 is 3.00 bits per heavy atom. The second kappa shape index (κ2) is 6.09. The fourth-order valence-electron chi connectivity index (χ4n) is 1.91. The summed E-state index contributed by atoms with van der Waals surface area (Å²) in [7, 11) is 0. The molecule has 0 atom stereocenters. The highest BCUT2D eigenvalue weighted by Gasteiger charge is 2.17. The normalized spacial score (nSPS) is 15.6. The summed E-state index contributed by atoms with van der Waals surface area (Å²) in [6.07, 6.45) is 7.05. The zero-order chi connectivity index (χ0) is 12.8. The molecule has 6 heteroatoms. The Labute approximate surface area is 105 Å². The van der Waals surface area contributed by atoms with Crippen molar-refractivity contribution in [3.63, 3.8) is 0 Å². The molecule has 0 radical (unpaired) electrons. The molecule has 1 N–H and O–H groups in total. The second-order valence-corrected chi connectivity index (χ2v) is 4.18. The Hall–Kier alpha value is -1.98. The quantitative estimate of drug-likeness (QED) is 0.827. The molecule has 0 spiro atoms. The number of aromatic nitrogens is 2. The van der Waals surface area contributed by atoms with E-state index < -0.39 is 0 Å². The van der Waals surface area contributed by atoms with Crippen molar-refractivity contribution in [2.24, 2.45) is 0 Å². The van der Waals surface area contributed by atoms with E-state index in [1.54, 1.807) is 4.90 Å². The molecule has 0 bridgehead atoms. The number of nitrogens with zero attached hydrogens (tertiary/aromatic N) is 3. The van der Waals surface area contributed by atoms with Crippen molar-refractivity contribution in [2.45, 2.75) is 19.3 Å². The first kappa shape index (κ1) is 12.5. The lowest BCUT2D eigenvalue weighted by molar-refractivity contribution is -0.133. The van der Waals surface area contributed by atoms with Crippen LogP contribution in [0.3, 0.4) is 0 Å². The first-order chi connectivity index (χ1) is 8.77. The summed E-state index contributed by atoms with van der Waals surface area (Å²) in [6, 6.07) is 0. The topological polar surface area (TPSA) is 75.2 Å². The number of carbonyl (C=O) groups is 2. The maximum absolute atomic E-state index is 11.7. The number of amides is 2. The van der Waals surface area contributed by atoms with Crippen LogP contribution in [0.2, 0.25) is 0 Å². The molecule has 1 aliphatic heterocycles. The lowest BCUT2D eigenvalue weighted by atomic mass is 10.1. The van der Waals surface area contributed by atoms with Gasteiger partial charge in [-0.3, -0.25) is 14.6 Å². The maximum Gasteiger partial charge on any atom is 0.271 e. The minimum Gasteiger partial charge on any atom is -0.349 e. The highest BCUT2D eigenvalue weighted by Crippen LogP contribution is 2.09. The smallest absolute Gasteiger partial charge is 0.271 e. The third-order valence-corrected chi connectivity index (χ3v) is 2.88. The van der Waals surface area contributed by atoms with Crippen LogP contribution in [-0.4, -0.2) is 46.3 Å². The SMILES string of the molecule is O=C(NCCN1CCCCC1=O)c1cnccn1. The predicted molar refractivity (Wildman–Crippen MR) is 64.8 cm³/mol. The summed E-state index contributed by atoms with van der Waals surface area (Å²) >= 11 is 0. The van der Waals surface area contributed by atoms with Crippen molar-refractivity contribution in [1.29, 1.82) is 0 Å². The van der Waals surface area contributed by atoms with Crippen molar-refractivity contribution in [2.75, 3.05) is 19.6 Å². The Morgan fingerprint density at radius 2 is 2.28 bits per heavy atom. The van der Waals surface area contributed by atoms with Crippen molar-refractivity contribution in [3.05, 3.63) is 24.3 Å². The minimum absolute atomic E-state index is 0.176. The molecule has 1 aromatic rings.